The van der Waals surface area contributed by atoms with Crippen molar-refractivity contribution in [3.05, 3.63) is 0 Å². The third-order valence-corrected chi connectivity index (χ3v) is 8.12. The molecule has 2 heteroatoms. The van der Waals surface area contributed by atoms with Crippen molar-refractivity contribution in [2.75, 3.05) is 19.6 Å². The van der Waals surface area contributed by atoms with Crippen LogP contribution in [0.3, 0.4) is 0 Å². The monoisotopic (exact) mass is 332 g/mol. The van der Waals surface area contributed by atoms with Crippen LogP contribution in [0.25, 0.3) is 0 Å². The minimum atomic E-state index is 0.483. The molecule has 0 aromatic rings. The standard InChI is InChI=1S/C22H40N2/c1-21(2,3)20-15-6-7-16(20)13-24(12-15)14-22(4,5)17-10-18-8-9-19(11-17)23-18/h15-20,23H,6-14H2,1-5H3. The van der Waals surface area contributed by atoms with Gasteiger partial charge < -0.3 is 10.2 Å². The van der Waals surface area contributed by atoms with Crippen molar-refractivity contribution in [2.24, 2.45) is 34.5 Å². The smallest absolute Gasteiger partial charge is 0.00730 e. The zero-order chi connectivity index (χ0) is 17.1. The van der Waals surface area contributed by atoms with Gasteiger partial charge in [0.2, 0.25) is 0 Å². The van der Waals surface area contributed by atoms with Crippen molar-refractivity contribution in [3.8, 4) is 0 Å². The molecule has 138 valence electrons. The van der Waals surface area contributed by atoms with E-state index in [2.05, 4.69) is 44.8 Å². The molecule has 0 aromatic heterocycles. The van der Waals surface area contributed by atoms with E-state index < -0.39 is 0 Å². The summed E-state index contributed by atoms with van der Waals surface area (Å²) in [6.07, 6.45) is 8.68. The molecule has 4 unspecified atom stereocenters. The average Bonchev–Trinajstić information content (AvgIpc) is 2.95. The normalized spacial score (nSPS) is 43.4. The zero-order valence-corrected chi connectivity index (χ0v) is 16.8. The van der Waals surface area contributed by atoms with Crippen molar-refractivity contribution in [3.63, 3.8) is 0 Å². The van der Waals surface area contributed by atoms with E-state index in [4.69, 9.17) is 0 Å². The molecule has 0 aromatic carbocycles. The topological polar surface area (TPSA) is 15.3 Å². The molecule has 0 radical (unpaired) electrons. The summed E-state index contributed by atoms with van der Waals surface area (Å²) in [5, 5.41) is 3.83. The lowest BCUT2D eigenvalue weighted by atomic mass is 9.67. The molecule has 0 amide bonds. The summed E-state index contributed by atoms with van der Waals surface area (Å²) in [6, 6.07) is 1.66. The Morgan fingerprint density at radius 2 is 1.38 bits per heavy atom. The Bertz CT molecular complexity index is 437. The van der Waals surface area contributed by atoms with Crippen molar-refractivity contribution in [2.45, 2.75) is 85.2 Å². The van der Waals surface area contributed by atoms with Crippen LogP contribution in [0.15, 0.2) is 0 Å². The first-order valence-corrected chi connectivity index (χ1v) is 10.7. The van der Waals surface area contributed by atoms with Crippen molar-refractivity contribution < 1.29 is 0 Å². The number of hydrogen-bond donors (Lipinski definition) is 1. The number of fused-ring (bicyclic) bond motifs is 4. The van der Waals surface area contributed by atoms with Gasteiger partial charge in [0.1, 0.15) is 0 Å². The number of nitrogens with zero attached hydrogens (tertiary/aromatic N) is 1. The molecule has 4 fully saturated rings. The van der Waals surface area contributed by atoms with Crippen molar-refractivity contribution in [1.82, 2.24) is 10.2 Å². The van der Waals surface area contributed by atoms with Crippen LogP contribution in [0.2, 0.25) is 0 Å². The van der Waals surface area contributed by atoms with E-state index in [1.165, 1.54) is 58.2 Å². The highest BCUT2D eigenvalue weighted by Crippen LogP contribution is 2.51. The molecule has 0 spiro atoms. The van der Waals surface area contributed by atoms with Gasteiger partial charge in [-0.25, -0.2) is 0 Å². The summed E-state index contributed by atoms with van der Waals surface area (Å²) < 4.78 is 0. The molecule has 2 nitrogen and oxygen atoms in total. The predicted molar refractivity (Wildman–Crippen MR) is 102 cm³/mol. The highest BCUT2D eigenvalue weighted by Gasteiger charge is 2.48. The van der Waals surface area contributed by atoms with Crippen LogP contribution in [-0.2, 0) is 0 Å². The van der Waals surface area contributed by atoms with Crippen LogP contribution >= 0.6 is 0 Å². The second-order valence-electron chi connectivity index (χ2n) is 11.5. The maximum atomic E-state index is 3.83. The number of piperidine rings is 2. The Kier molecular flexibility index (Phi) is 4.32. The van der Waals surface area contributed by atoms with Gasteiger partial charge in [0.05, 0.1) is 0 Å². The van der Waals surface area contributed by atoms with Crippen molar-refractivity contribution >= 4 is 0 Å². The molecule has 3 heterocycles. The highest BCUT2D eigenvalue weighted by molar-refractivity contribution is 5.00. The maximum absolute atomic E-state index is 3.83. The first-order valence-electron chi connectivity index (χ1n) is 10.7. The second-order valence-corrected chi connectivity index (χ2v) is 11.5. The summed E-state index contributed by atoms with van der Waals surface area (Å²) in [7, 11) is 0. The molecule has 1 N–H and O–H groups in total. The average molecular weight is 333 g/mol. The molecular formula is C22H40N2. The van der Waals surface area contributed by atoms with Crippen LogP contribution in [0.4, 0.5) is 0 Å². The molecule has 1 aliphatic carbocycles. The van der Waals surface area contributed by atoms with E-state index >= 15 is 0 Å². The summed E-state index contributed by atoms with van der Waals surface area (Å²) in [5.41, 5.74) is 0.985. The minimum absolute atomic E-state index is 0.483. The maximum Gasteiger partial charge on any atom is 0.00730 e. The Hall–Kier alpha value is -0.0800. The van der Waals surface area contributed by atoms with Gasteiger partial charge in [-0.15, -0.1) is 0 Å². The summed E-state index contributed by atoms with van der Waals surface area (Å²) in [6.45, 7) is 16.7. The predicted octanol–water partition coefficient (Wildman–Crippen LogP) is 4.55. The van der Waals surface area contributed by atoms with E-state index in [9.17, 15) is 0 Å². The molecule has 4 atom stereocenters. The van der Waals surface area contributed by atoms with Gasteiger partial charge in [-0.05, 0) is 73.0 Å². The quantitative estimate of drug-likeness (QED) is 0.816. The van der Waals surface area contributed by atoms with Crippen LogP contribution in [0, 0.1) is 34.5 Å². The Morgan fingerprint density at radius 3 is 1.88 bits per heavy atom. The zero-order valence-electron chi connectivity index (χ0n) is 16.8. The number of hydrogen-bond acceptors (Lipinski definition) is 2. The molecule has 4 bridgehead atoms. The number of nitrogens with one attached hydrogen (secondary N) is 1. The Labute approximate surface area is 150 Å². The molecule has 4 aliphatic rings. The van der Waals surface area contributed by atoms with Crippen LogP contribution < -0.4 is 5.32 Å². The Morgan fingerprint density at radius 1 is 0.833 bits per heavy atom. The molecule has 1 saturated carbocycles. The van der Waals surface area contributed by atoms with Crippen molar-refractivity contribution in [1.29, 1.82) is 0 Å². The van der Waals surface area contributed by atoms with E-state index in [0.717, 1.165) is 35.8 Å². The molecule has 4 rings (SSSR count). The molecular weight excluding hydrogens is 292 g/mol. The van der Waals surface area contributed by atoms with Crippen LogP contribution in [0.1, 0.15) is 73.1 Å². The fourth-order valence-corrected chi connectivity index (χ4v) is 7.26. The first-order chi connectivity index (χ1) is 11.2. The van der Waals surface area contributed by atoms with Crippen LogP contribution in [0.5, 0.6) is 0 Å². The van der Waals surface area contributed by atoms with E-state index in [1.807, 2.05) is 0 Å². The number of likely N-dealkylation sites (tertiary alicyclic amines) is 1. The van der Waals surface area contributed by atoms with Crippen LogP contribution in [-0.4, -0.2) is 36.6 Å². The van der Waals surface area contributed by atoms with E-state index in [0.29, 0.717) is 10.8 Å². The van der Waals surface area contributed by atoms with Gasteiger partial charge in [0.15, 0.2) is 0 Å². The Balaban J connectivity index is 1.39. The SMILES string of the molecule is CC(C)(C)C1C2CCC1CN(CC(C)(C)C1CC3CCC(C1)N3)C2. The van der Waals surface area contributed by atoms with E-state index in [1.54, 1.807) is 0 Å². The van der Waals surface area contributed by atoms with Gasteiger partial charge in [-0.1, -0.05) is 34.6 Å². The van der Waals surface area contributed by atoms with E-state index in [-0.39, 0.29) is 0 Å². The largest absolute Gasteiger partial charge is 0.311 e. The summed E-state index contributed by atoms with van der Waals surface area (Å²) >= 11 is 0. The van der Waals surface area contributed by atoms with Gasteiger partial charge >= 0.3 is 0 Å². The lowest BCUT2D eigenvalue weighted by Gasteiger charge is -2.48. The lowest BCUT2D eigenvalue weighted by molar-refractivity contribution is 0.00551. The number of rotatable bonds is 3. The minimum Gasteiger partial charge on any atom is -0.311 e. The third-order valence-electron chi connectivity index (χ3n) is 8.12. The first kappa shape index (κ1) is 17.3. The second kappa shape index (κ2) is 5.98. The molecule has 3 aliphatic heterocycles. The third kappa shape index (κ3) is 3.18. The summed E-state index contributed by atoms with van der Waals surface area (Å²) in [4.78, 5) is 2.87. The van der Waals surface area contributed by atoms with Gasteiger partial charge in [0.25, 0.3) is 0 Å². The molecule has 24 heavy (non-hydrogen) atoms. The lowest BCUT2D eigenvalue weighted by Crippen LogP contribution is -2.51. The fraction of sp³-hybridized carbons (Fsp3) is 1.00. The summed E-state index contributed by atoms with van der Waals surface area (Å²) in [5.74, 6) is 3.81. The fourth-order valence-electron chi connectivity index (χ4n) is 7.26. The van der Waals surface area contributed by atoms with Gasteiger partial charge in [0, 0.05) is 31.7 Å². The molecule has 3 saturated heterocycles. The highest BCUT2D eigenvalue weighted by atomic mass is 15.2. The van der Waals surface area contributed by atoms with Gasteiger partial charge in [-0.3, -0.25) is 0 Å². The van der Waals surface area contributed by atoms with Gasteiger partial charge in [-0.2, -0.15) is 0 Å².